The van der Waals surface area contributed by atoms with Gasteiger partial charge in [-0.2, -0.15) is 0 Å². The summed E-state index contributed by atoms with van der Waals surface area (Å²) in [5.41, 5.74) is 2.66. The van der Waals surface area contributed by atoms with Gasteiger partial charge in [0.1, 0.15) is 0 Å². The molecule has 1 heterocycles. The molecule has 1 aromatic heterocycles. The van der Waals surface area contributed by atoms with E-state index < -0.39 is 5.97 Å². The van der Waals surface area contributed by atoms with Crippen molar-refractivity contribution >= 4 is 11.9 Å². The van der Waals surface area contributed by atoms with E-state index in [2.05, 4.69) is 4.57 Å². The van der Waals surface area contributed by atoms with Crippen molar-refractivity contribution in [3.8, 4) is 0 Å². The molecule has 0 radical (unpaired) electrons. The van der Waals surface area contributed by atoms with Crippen LogP contribution in [0, 0.1) is 13.8 Å². The summed E-state index contributed by atoms with van der Waals surface area (Å²) in [4.78, 5) is 25.0. The van der Waals surface area contributed by atoms with Crippen LogP contribution in [0.15, 0.2) is 6.07 Å². The first-order chi connectivity index (χ1) is 9.29. The second kappa shape index (κ2) is 6.59. The van der Waals surface area contributed by atoms with Gasteiger partial charge in [-0.25, -0.2) is 0 Å². The molecular weight excluding hydrogens is 256 g/mol. The summed E-state index contributed by atoms with van der Waals surface area (Å²) in [6, 6.07) is 1.86. The summed E-state index contributed by atoms with van der Waals surface area (Å²) in [5.74, 6) is -0.975. The first-order valence-corrected chi connectivity index (χ1v) is 6.99. The van der Waals surface area contributed by atoms with Gasteiger partial charge in [0.15, 0.2) is 0 Å². The Labute approximate surface area is 120 Å². The topological polar surface area (TPSA) is 62.5 Å². The third kappa shape index (κ3) is 3.40. The average molecular weight is 280 g/mol. The highest BCUT2D eigenvalue weighted by atomic mass is 16.4. The molecule has 0 bridgehead atoms. The summed E-state index contributed by atoms with van der Waals surface area (Å²) < 4.78 is 2.09. The van der Waals surface area contributed by atoms with E-state index in [1.54, 1.807) is 4.90 Å². The maximum atomic E-state index is 12.6. The van der Waals surface area contributed by atoms with Crippen molar-refractivity contribution in [2.45, 2.75) is 53.6 Å². The van der Waals surface area contributed by atoms with Crippen LogP contribution in [0.3, 0.4) is 0 Å². The van der Waals surface area contributed by atoms with Gasteiger partial charge in [-0.1, -0.05) is 0 Å². The number of aromatic nitrogens is 1. The lowest BCUT2D eigenvalue weighted by atomic mass is 10.1. The van der Waals surface area contributed by atoms with E-state index >= 15 is 0 Å². The standard InChI is InChI=1S/C15H24N2O3/c1-6-16-11(4)9-13(12(16)5)15(20)17(10(2)3)8-7-14(18)19/h9-10H,6-8H2,1-5H3,(H,18,19). The average Bonchev–Trinajstić information content (AvgIpc) is 2.63. The minimum absolute atomic E-state index is 0.0217. The van der Waals surface area contributed by atoms with Gasteiger partial charge in [0.25, 0.3) is 5.91 Å². The highest BCUT2D eigenvalue weighted by Gasteiger charge is 2.23. The fourth-order valence-electron chi connectivity index (χ4n) is 2.47. The van der Waals surface area contributed by atoms with Gasteiger partial charge in [0.2, 0.25) is 0 Å². The predicted molar refractivity (Wildman–Crippen MR) is 78.0 cm³/mol. The number of nitrogens with zero attached hydrogens (tertiary/aromatic N) is 2. The number of carbonyl (C=O) groups excluding carboxylic acids is 1. The van der Waals surface area contributed by atoms with E-state index in [4.69, 9.17) is 5.11 Å². The van der Waals surface area contributed by atoms with E-state index in [0.29, 0.717) is 5.56 Å². The van der Waals surface area contributed by atoms with Crippen LogP contribution >= 0.6 is 0 Å². The van der Waals surface area contributed by atoms with Crippen LogP contribution in [0.5, 0.6) is 0 Å². The number of rotatable bonds is 6. The number of amides is 1. The molecule has 0 saturated carbocycles. The van der Waals surface area contributed by atoms with Gasteiger partial charge in [-0.3, -0.25) is 9.59 Å². The molecule has 0 spiro atoms. The van der Waals surface area contributed by atoms with Gasteiger partial charge < -0.3 is 14.6 Å². The van der Waals surface area contributed by atoms with Crippen molar-refractivity contribution in [1.29, 1.82) is 0 Å². The Morgan fingerprint density at radius 3 is 2.35 bits per heavy atom. The molecule has 5 nitrogen and oxygen atoms in total. The monoisotopic (exact) mass is 280 g/mol. The van der Waals surface area contributed by atoms with Crippen molar-refractivity contribution in [2.75, 3.05) is 6.54 Å². The van der Waals surface area contributed by atoms with Crippen LogP contribution in [-0.4, -0.2) is 39.0 Å². The molecule has 112 valence electrons. The normalized spacial score (nSPS) is 10.9. The molecule has 20 heavy (non-hydrogen) atoms. The lowest BCUT2D eigenvalue weighted by Crippen LogP contribution is -2.38. The van der Waals surface area contributed by atoms with E-state index in [9.17, 15) is 9.59 Å². The fourth-order valence-corrected chi connectivity index (χ4v) is 2.47. The Balaban J connectivity index is 3.03. The molecule has 0 aliphatic carbocycles. The maximum absolute atomic E-state index is 12.6. The first-order valence-electron chi connectivity index (χ1n) is 6.99. The van der Waals surface area contributed by atoms with Crippen molar-refractivity contribution in [3.63, 3.8) is 0 Å². The highest BCUT2D eigenvalue weighted by molar-refractivity contribution is 5.96. The molecule has 1 rings (SSSR count). The molecule has 1 aromatic rings. The van der Waals surface area contributed by atoms with Crippen LogP contribution in [0.2, 0.25) is 0 Å². The van der Waals surface area contributed by atoms with Crippen molar-refractivity contribution in [3.05, 3.63) is 23.0 Å². The number of hydrogen-bond acceptors (Lipinski definition) is 2. The van der Waals surface area contributed by atoms with Gasteiger partial charge in [-0.15, -0.1) is 0 Å². The van der Waals surface area contributed by atoms with Crippen molar-refractivity contribution in [2.24, 2.45) is 0 Å². The highest BCUT2D eigenvalue weighted by Crippen LogP contribution is 2.18. The smallest absolute Gasteiger partial charge is 0.305 e. The third-order valence-electron chi connectivity index (χ3n) is 3.57. The van der Waals surface area contributed by atoms with Crippen LogP contribution in [0.1, 0.15) is 48.9 Å². The number of carboxylic acid groups (broad SMARTS) is 1. The summed E-state index contributed by atoms with van der Waals surface area (Å²) in [6.45, 7) is 10.8. The van der Waals surface area contributed by atoms with E-state index in [1.165, 1.54) is 0 Å². The van der Waals surface area contributed by atoms with Gasteiger partial charge in [-0.05, 0) is 40.7 Å². The molecule has 0 aliphatic heterocycles. The minimum Gasteiger partial charge on any atom is -0.481 e. The predicted octanol–water partition coefficient (Wildman–Crippen LogP) is 2.45. The fraction of sp³-hybridized carbons (Fsp3) is 0.600. The molecule has 0 fully saturated rings. The Hall–Kier alpha value is -1.78. The van der Waals surface area contributed by atoms with E-state index in [0.717, 1.165) is 17.9 Å². The lowest BCUT2D eigenvalue weighted by Gasteiger charge is -2.26. The Morgan fingerprint density at radius 1 is 1.35 bits per heavy atom. The van der Waals surface area contributed by atoms with Crippen LogP contribution < -0.4 is 0 Å². The molecule has 5 heteroatoms. The number of aliphatic carboxylic acids is 1. The molecule has 0 atom stereocenters. The van der Waals surface area contributed by atoms with E-state index in [1.807, 2.05) is 40.7 Å². The summed E-state index contributed by atoms with van der Waals surface area (Å²) >= 11 is 0. The molecular formula is C15H24N2O3. The summed E-state index contributed by atoms with van der Waals surface area (Å²) in [5, 5.41) is 8.80. The molecule has 1 amide bonds. The third-order valence-corrected chi connectivity index (χ3v) is 3.57. The molecule has 0 aliphatic rings. The molecule has 0 saturated heterocycles. The second-order valence-corrected chi connectivity index (χ2v) is 5.27. The number of carboxylic acids is 1. The summed E-state index contributed by atoms with van der Waals surface area (Å²) in [6.07, 6.45) is -0.0313. The van der Waals surface area contributed by atoms with Gasteiger partial charge in [0, 0.05) is 30.5 Å². The van der Waals surface area contributed by atoms with E-state index in [-0.39, 0.29) is 24.9 Å². The number of hydrogen-bond donors (Lipinski definition) is 1. The molecule has 1 N–H and O–H groups in total. The minimum atomic E-state index is -0.887. The Morgan fingerprint density at radius 2 is 1.95 bits per heavy atom. The van der Waals surface area contributed by atoms with Crippen LogP contribution in [-0.2, 0) is 11.3 Å². The zero-order valence-corrected chi connectivity index (χ0v) is 12.9. The SMILES string of the molecule is CCn1c(C)cc(C(=O)N(CCC(=O)O)C(C)C)c1C. The lowest BCUT2D eigenvalue weighted by molar-refractivity contribution is -0.137. The second-order valence-electron chi connectivity index (χ2n) is 5.27. The zero-order valence-electron chi connectivity index (χ0n) is 12.9. The quantitative estimate of drug-likeness (QED) is 0.870. The van der Waals surface area contributed by atoms with Crippen LogP contribution in [0.4, 0.5) is 0 Å². The van der Waals surface area contributed by atoms with Crippen molar-refractivity contribution in [1.82, 2.24) is 9.47 Å². The van der Waals surface area contributed by atoms with Gasteiger partial charge >= 0.3 is 5.97 Å². The van der Waals surface area contributed by atoms with Crippen LogP contribution in [0.25, 0.3) is 0 Å². The Kier molecular flexibility index (Phi) is 5.36. The first kappa shape index (κ1) is 16.3. The largest absolute Gasteiger partial charge is 0.481 e. The maximum Gasteiger partial charge on any atom is 0.305 e. The molecule has 0 aromatic carbocycles. The van der Waals surface area contributed by atoms with Gasteiger partial charge in [0.05, 0.1) is 12.0 Å². The van der Waals surface area contributed by atoms with Crippen molar-refractivity contribution < 1.29 is 14.7 Å². The summed E-state index contributed by atoms with van der Waals surface area (Å²) in [7, 11) is 0. The zero-order chi connectivity index (χ0) is 15.4. The molecule has 0 unspecified atom stereocenters. The number of aryl methyl sites for hydroxylation is 1. The number of carbonyl (C=O) groups is 2. The Bertz CT molecular complexity index is 503.